The number of esters is 1. The zero-order valence-electron chi connectivity index (χ0n) is 18.4. The molecule has 0 heterocycles. The first-order valence-corrected chi connectivity index (χ1v) is 10.9. The van der Waals surface area contributed by atoms with E-state index in [1.807, 2.05) is 12.1 Å². The largest absolute Gasteiger partial charge is 0.496 e. The van der Waals surface area contributed by atoms with Gasteiger partial charge in [-0.3, -0.25) is 4.79 Å². The molecule has 0 radical (unpaired) electrons. The predicted molar refractivity (Wildman–Crippen MR) is 130 cm³/mol. The third-order valence-corrected chi connectivity index (χ3v) is 5.61. The molecule has 3 aromatic rings. The summed E-state index contributed by atoms with van der Waals surface area (Å²) in [6.45, 7) is 0. The van der Waals surface area contributed by atoms with E-state index in [0.717, 1.165) is 11.1 Å². The Morgan fingerprint density at radius 1 is 1.12 bits per heavy atom. The number of benzene rings is 3. The number of nitrogens with one attached hydrogen (secondary N) is 1. The molecule has 0 fully saturated rings. The van der Waals surface area contributed by atoms with E-state index >= 15 is 0 Å². The van der Waals surface area contributed by atoms with Crippen molar-refractivity contribution in [3.8, 4) is 11.8 Å². The van der Waals surface area contributed by atoms with Crippen molar-refractivity contribution in [1.82, 2.24) is 0 Å². The van der Waals surface area contributed by atoms with Crippen molar-refractivity contribution in [2.24, 2.45) is 0 Å². The molecule has 0 aliphatic heterocycles. The molecule has 0 saturated heterocycles. The molecule has 1 amide bonds. The number of carbonyl (C=O) groups excluding carboxylic acids is 2. The lowest BCUT2D eigenvalue weighted by molar-refractivity contribution is -0.112. The van der Waals surface area contributed by atoms with Gasteiger partial charge in [0.1, 0.15) is 23.2 Å². The lowest BCUT2D eigenvalue weighted by Gasteiger charge is -2.13. The second-order valence-electron chi connectivity index (χ2n) is 7.18. The minimum absolute atomic E-state index is 0.121. The van der Waals surface area contributed by atoms with Gasteiger partial charge in [-0.25, -0.2) is 9.18 Å². The molecule has 172 valence electrons. The maximum absolute atomic E-state index is 13.6. The van der Waals surface area contributed by atoms with E-state index in [1.54, 1.807) is 30.3 Å². The standard InChI is InChI=1S/C26H20BrFN2O4/c1-33-24-14-17(13-23(27)22(24)12-16-4-3-5-20(28)11-16)10-19(15-29)25(31)30-21-8-6-18(7-9-21)26(32)34-2/h3-11,13-14H,12H2,1-2H3,(H,30,31)/b19-10+. The monoisotopic (exact) mass is 522 g/mol. The number of carbonyl (C=O) groups is 2. The van der Waals surface area contributed by atoms with E-state index in [9.17, 15) is 19.2 Å². The van der Waals surface area contributed by atoms with Gasteiger partial charge in [-0.05, 0) is 65.7 Å². The molecule has 34 heavy (non-hydrogen) atoms. The number of methoxy groups -OCH3 is 2. The second kappa shape index (κ2) is 11.3. The highest BCUT2D eigenvalue weighted by Gasteiger charge is 2.14. The molecule has 0 atom stereocenters. The van der Waals surface area contributed by atoms with Crippen LogP contribution in [0.2, 0.25) is 0 Å². The zero-order valence-corrected chi connectivity index (χ0v) is 20.0. The SMILES string of the molecule is COC(=O)c1ccc(NC(=O)/C(C#N)=C/c2cc(Br)c(Cc3cccc(F)c3)c(OC)c2)cc1. The fourth-order valence-electron chi connectivity index (χ4n) is 3.24. The van der Waals surface area contributed by atoms with Crippen LogP contribution in [0.5, 0.6) is 5.75 Å². The molecule has 0 spiro atoms. The van der Waals surface area contributed by atoms with Crippen LogP contribution >= 0.6 is 15.9 Å². The molecular formula is C26H20BrFN2O4. The number of nitriles is 1. The van der Waals surface area contributed by atoms with Crippen molar-refractivity contribution >= 4 is 39.6 Å². The first-order valence-electron chi connectivity index (χ1n) is 10.1. The van der Waals surface area contributed by atoms with E-state index in [4.69, 9.17) is 4.74 Å². The van der Waals surface area contributed by atoms with Crippen molar-refractivity contribution in [2.75, 3.05) is 19.5 Å². The van der Waals surface area contributed by atoms with E-state index in [0.29, 0.717) is 33.5 Å². The van der Waals surface area contributed by atoms with Gasteiger partial charge in [0.05, 0.1) is 19.8 Å². The van der Waals surface area contributed by atoms with Gasteiger partial charge in [0.15, 0.2) is 0 Å². The van der Waals surface area contributed by atoms with Gasteiger partial charge < -0.3 is 14.8 Å². The van der Waals surface area contributed by atoms with Crippen molar-refractivity contribution in [3.63, 3.8) is 0 Å². The number of amides is 1. The maximum atomic E-state index is 13.6. The average Bonchev–Trinajstić information content (AvgIpc) is 2.83. The lowest BCUT2D eigenvalue weighted by Crippen LogP contribution is -2.13. The lowest BCUT2D eigenvalue weighted by atomic mass is 10.0. The number of nitrogens with zero attached hydrogens (tertiary/aromatic N) is 1. The van der Waals surface area contributed by atoms with Crippen LogP contribution in [-0.2, 0) is 16.0 Å². The maximum Gasteiger partial charge on any atom is 0.337 e. The molecule has 0 aliphatic rings. The van der Waals surface area contributed by atoms with Crippen molar-refractivity contribution in [1.29, 1.82) is 5.26 Å². The molecule has 0 saturated carbocycles. The molecule has 8 heteroatoms. The quantitative estimate of drug-likeness (QED) is 0.250. The topological polar surface area (TPSA) is 88.4 Å². The number of anilines is 1. The fraction of sp³-hybridized carbons (Fsp3) is 0.115. The van der Waals surface area contributed by atoms with Gasteiger partial charge in [0.25, 0.3) is 5.91 Å². The summed E-state index contributed by atoms with van der Waals surface area (Å²) in [7, 11) is 2.80. The third-order valence-electron chi connectivity index (χ3n) is 4.91. The first-order chi connectivity index (χ1) is 16.3. The molecule has 0 aromatic heterocycles. The van der Waals surface area contributed by atoms with Gasteiger partial charge in [-0.15, -0.1) is 0 Å². The zero-order chi connectivity index (χ0) is 24.7. The summed E-state index contributed by atoms with van der Waals surface area (Å²) in [4.78, 5) is 24.2. The molecule has 6 nitrogen and oxygen atoms in total. The number of hydrogen-bond donors (Lipinski definition) is 1. The van der Waals surface area contributed by atoms with Crippen molar-refractivity contribution in [3.05, 3.63) is 98.8 Å². The minimum atomic E-state index is -0.604. The summed E-state index contributed by atoms with van der Waals surface area (Å²) < 4.78 is 24.4. The molecule has 3 aromatic carbocycles. The Bertz CT molecular complexity index is 1300. The highest BCUT2D eigenvalue weighted by Crippen LogP contribution is 2.32. The molecular weight excluding hydrogens is 503 g/mol. The smallest absolute Gasteiger partial charge is 0.337 e. The predicted octanol–water partition coefficient (Wildman–Crippen LogP) is 5.52. The minimum Gasteiger partial charge on any atom is -0.496 e. The fourth-order valence-corrected chi connectivity index (χ4v) is 3.84. The van der Waals surface area contributed by atoms with E-state index in [-0.39, 0.29) is 11.4 Å². The molecule has 3 rings (SSSR count). The van der Waals surface area contributed by atoms with Gasteiger partial charge >= 0.3 is 5.97 Å². The Morgan fingerprint density at radius 2 is 1.85 bits per heavy atom. The molecule has 1 N–H and O–H groups in total. The molecule has 0 bridgehead atoms. The Balaban J connectivity index is 1.83. The van der Waals surface area contributed by atoms with Crippen LogP contribution < -0.4 is 10.1 Å². The Morgan fingerprint density at radius 3 is 2.47 bits per heavy atom. The highest BCUT2D eigenvalue weighted by atomic mass is 79.9. The summed E-state index contributed by atoms with van der Waals surface area (Å²) >= 11 is 3.52. The van der Waals surface area contributed by atoms with Gasteiger partial charge in [-0.1, -0.05) is 28.1 Å². The summed E-state index contributed by atoms with van der Waals surface area (Å²) in [6, 6.07) is 17.8. The van der Waals surface area contributed by atoms with Crippen molar-refractivity contribution in [2.45, 2.75) is 6.42 Å². The Hall–Kier alpha value is -3.96. The van der Waals surface area contributed by atoms with Crippen LogP contribution in [0.4, 0.5) is 10.1 Å². The number of halogens is 2. The van der Waals surface area contributed by atoms with E-state index in [2.05, 4.69) is 26.0 Å². The van der Waals surface area contributed by atoms with E-state index in [1.165, 1.54) is 44.6 Å². The third kappa shape index (κ3) is 6.09. The van der Waals surface area contributed by atoms with Crippen LogP contribution in [0.15, 0.2) is 70.7 Å². The summed E-state index contributed by atoms with van der Waals surface area (Å²) in [5.74, 6) is -0.888. The Kier molecular flexibility index (Phi) is 8.17. The van der Waals surface area contributed by atoms with Crippen LogP contribution in [0.3, 0.4) is 0 Å². The van der Waals surface area contributed by atoms with Gasteiger partial charge in [-0.2, -0.15) is 5.26 Å². The van der Waals surface area contributed by atoms with Gasteiger partial charge in [0, 0.05) is 22.1 Å². The highest BCUT2D eigenvalue weighted by molar-refractivity contribution is 9.10. The summed E-state index contributed by atoms with van der Waals surface area (Å²) in [6.07, 6.45) is 1.87. The number of hydrogen-bond acceptors (Lipinski definition) is 5. The normalized spacial score (nSPS) is 10.9. The first kappa shape index (κ1) is 24.7. The van der Waals surface area contributed by atoms with Gasteiger partial charge in [0.2, 0.25) is 0 Å². The molecule has 0 unspecified atom stereocenters. The number of ether oxygens (including phenoxy) is 2. The van der Waals surface area contributed by atoms with Crippen molar-refractivity contribution < 1.29 is 23.5 Å². The van der Waals surface area contributed by atoms with E-state index < -0.39 is 11.9 Å². The summed E-state index contributed by atoms with van der Waals surface area (Å²) in [5.41, 5.74) is 2.79. The van der Waals surface area contributed by atoms with Crippen LogP contribution in [0, 0.1) is 17.1 Å². The van der Waals surface area contributed by atoms with Crippen LogP contribution in [0.25, 0.3) is 6.08 Å². The van der Waals surface area contributed by atoms with Crippen LogP contribution in [-0.4, -0.2) is 26.1 Å². The summed E-state index contributed by atoms with van der Waals surface area (Å²) in [5, 5.41) is 12.2. The second-order valence-corrected chi connectivity index (χ2v) is 8.04. The Labute approximate surface area is 204 Å². The number of rotatable bonds is 7. The molecule has 0 aliphatic carbocycles. The van der Waals surface area contributed by atoms with Crippen LogP contribution in [0.1, 0.15) is 27.0 Å². The average molecular weight is 523 g/mol.